The van der Waals surface area contributed by atoms with E-state index in [9.17, 15) is 23.0 Å². The molecule has 0 fully saturated rings. The maximum absolute atomic E-state index is 11.9. The van der Waals surface area contributed by atoms with Crippen LogP contribution in [-0.4, -0.2) is 28.2 Å². The van der Waals surface area contributed by atoms with Gasteiger partial charge in [-0.15, -0.1) is 9.45 Å². The Morgan fingerprint density at radius 1 is 0.857 bits per heavy atom. The van der Waals surface area contributed by atoms with Gasteiger partial charge in [0, 0.05) is 27.9 Å². The lowest BCUT2D eigenvalue weighted by Gasteiger charge is -2.22. The molecule has 13 heteroatoms. The first kappa shape index (κ1) is 25.0. The normalized spacial score (nSPS) is 14.2. The number of aromatic hydroxyl groups is 1. The van der Waals surface area contributed by atoms with Gasteiger partial charge in [-0.25, -0.2) is 9.47 Å². The van der Waals surface area contributed by atoms with Crippen molar-refractivity contribution in [3.05, 3.63) is 78.9 Å². The van der Waals surface area contributed by atoms with Crippen molar-refractivity contribution in [2.45, 2.75) is 9.79 Å². The van der Waals surface area contributed by atoms with E-state index in [-0.39, 0.29) is 16.3 Å². The number of nitrogens with zero attached hydrogens (tertiary/aromatic N) is 2. The number of fused-ring (bicyclic) bond motifs is 1. The number of phenolic OH excluding ortho intramolecular Hbond substituents is 1. The quantitative estimate of drug-likeness (QED) is 0.0851. The Labute approximate surface area is 206 Å². The summed E-state index contributed by atoms with van der Waals surface area (Å²) in [6.45, 7) is 0. The van der Waals surface area contributed by atoms with Gasteiger partial charge in [-0.05, 0) is 66.0 Å². The SMILES string of the molecule is O=S(=S)(OO)c1ccc(N=Nc2c(S(O)(O)O)cc3cc(Nc4ccccc4)ccc3c2O)cc1. The molecule has 6 N–H and O–H groups in total. The molecule has 10 nitrogen and oxygen atoms in total. The average Bonchev–Trinajstić information content (AvgIpc) is 2.83. The molecule has 1 atom stereocenters. The predicted octanol–water partition coefficient (Wildman–Crippen LogP) is 6.80. The van der Waals surface area contributed by atoms with Crippen LogP contribution in [0, 0.1) is 0 Å². The van der Waals surface area contributed by atoms with E-state index in [1.807, 2.05) is 30.3 Å². The summed E-state index contributed by atoms with van der Waals surface area (Å²) in [5.74, 6) is -0.416. The van der Waals surface area contributed by atoms with Crippen LogP contribution in [0.2, 0.25) is 0 Å². The van der Waals surface area contributed by atoms with E-state index >= 15 is 0 Å². The van der Waals surface area contributed by atoms with Crippen molar-refractivity contribution in [1.82, 2.24) is 0 Å². The van der Waals surface area contributed by atoms with Gasteiger partial charge >= 0.3 is 0 Å². The fourth-order valence-electron chi connectivity index (χ4n) is 3.25. The van der Waals surface area contributed by atoms with Gasteiger partial charge in [0.05, 0.1) is 15.5 Å². The number of para-hydroxylation sites is 1. The molecule has 4 aromatic carbocycles. The number of benzene rings is 4. The number of hydrogen-bond acceptors (Lipinski definition) is 11. The molecular formula is C22H19N3O7S3. The smallest absolute Gasteiger partial charge is 0.202 e. The molecule has 0 aliphatic rings. The van der Waals surface area contributed by atoms with E-state index in [2.05, 4.69) is 31.1 Å². The first-order chi connectivity index (χ1) is 16.6. The van der Waals surface area contributed by atoms with Gasteiger partial charge in [0.25, 0.3) is 0 Å². The number of azo groups is 1. The summed E-state index contributed by atoms with van der Waals surface area (Å²) < 4.78 is 45.7. The number of nitrogens with one attached hydrogen (secondary N) is 1. The van der Waals surface area contributed by atoms with Gasteiger partial charge in [0.15, 0.2) is 5.75 Å². The van der Waals surface area contributed by atoms with Gasteiger partial charge in [0.2, 0.25) is 8.77 Å². The molecule has 0 saturated heterocycles. The fraction of sp³-hybridized carbons (Fsp3) is 0. The highest BCUT2D eigenvalue weighted by Crippen LogP contribution is 2.54. The van der Waals surface area contributed by atoms with E-state index in [0.29, 0.717) is 16.5 Å². The highest BCUT2D eigenvalue weighted by molar-refractivity contribution is 8.30. The molecule has 1 unspecified atom stereocenters. The minimum absolute atomic E-state index is 0.0349. The maximum Gasteiger partial charge on any atom is 0.202 e. The van der Waals surface area contributed by atoms with E-state index in [1.54, 1.807) is 18.2 Å². The van der Waals surface area contributed by atoms with E-state index < -0.39 is 30.3 Å². The van der Waals surface area contributed by atoms with Crippen LogP contribution in [0.1, 0.15) is 0 Å². The standard InChI is InChI=1S/C22H19N3O7S3/c26-22-19-11-8-17(23-15-4-2-1-3-5-15)12-14(19)13-20(34(28,29)30)21(22)25-24-16-6-9-18(10-7-16)35(31,33)32-27/h1-13,23,26-30H. The Bertz CT molecular complexity index is 1510. The zero-order chi connectivity index (χ0) is 25.2. The molecule has 0 spiro atoms. The Morgan fingerprint density at radius 3 is 2.17 bits per heavy atom. The van der Waals surface area contributed by atoms with Crippen LogP contribution in [0.5, 0.6) is 5.75 Å². The average molecular weight is 534 g/mol. The Hall–Kier alpha value is -3.14. The summed E-state index contributed by atoms with van der Waals surface area (Å²) in [6, 6.07) is 21.1. The monoisotopic (exact) mass is 533 g/mol. The second kappa shape index (κ2) is 9.85. The van der Waals surface area contributed by atoms with Crippen LogP contribution < -0.4 is 5.32 Å². The van der Waals surface area contributed by atoms with Crippen LogP contribution in [-0.2, 0) is 24.3 Å². The molecule has 0 aromatic heterocycles. The van der Waals surface area contributed by atoms with Crippen LogP contribution in [0.25, 0.3) is 10.8 Å². The van der Waals surface area contributed by atoms with E-state index in [4.69, 9.17) is 5.26 Å². The summed E-state index contributed by atoms with van der Waals surface area (Å²) in [5, 5.41) is 31.3. The molecule has 4 aromatic rings. The van der Waals surface area contributed by atoms with Crippen molar-refractivity contribution in [3.8, 4) is 5.75 Å². The molecule has 0 amide bonds. The molecule has 0 heterocycles. The second-order valence-electron chi connectivity index (χ2n) is 7.24. The Kier molecular flexibility index (Phi) is 7.02. The summed E-state index contributed by atoms with van der Waals surface area (Å²) in [5.41, 5.74) is 1.39. The Morgan fingerprint density at radius 2 is 1.54 bits per heavy atom. The highest BCUT2D eigenvalue weighted by atomic mass is 32.8. The van der Waals surface area contributed by atoms with Gasteiger partial charge in [-0.3, -0.25) is 0 Å². The summed E-state index contributed by atoms with van der Waals surface area (Å²) >= 11 is 4.64. The molecule has 0 aliphatic heterocycles. The van der Waals surface area contributed by atoms with E-state index in [0.717, 1.165) is 5.69 Å². The molecular weight excluding hydrogens is 514 g/mol. The van der Waals surface area contributed by atoms with Gasteiger partial charge in [-0.1, -0.05) is 18.2 Å². The fourth-order valence-corrected chi connectivity index (χ4v) is 4.82. The topological polar surface area (TPSA) is 164 Å². The lowest BCUT2D eigenvalue weighted by molar-refractivity contribution is -0.124. The van der Waals surface area contributed by atoms with Gasteiger partial charge in [0.1, 0.15) is 16.6 Å². The third-order valence-corrected chi connectivity index (χ3v) is 7.60. The predicted molar refractivity (Wildman–Crippen MR) is 137 cm³/mol. The third kappa shape index (κ3) is 5.58. The van der Waals surface area contributed by atoms with Gasteiger partial charge in [-0.2, -0.15) is 5.11 Å². The molecule has 0 bridgehead atoms. The second-order valence-corrected chi connectivity index (χ2v) is 11.6. The van der Waals surface area contributed by atoms with E-state index in [1.165, 1.54) is 30.3 Å². The molecule has 4 rings (SSSR count). The van der Waals surface area contributed by atoms with Crippen molar-refractivity contribution in [2.24, 2.45) is 10.2 Å². The Balaban J connectivity index is 1.74. The summed E-state index contributed by atoms with van der Waals surface area (Å²) in [4.78, 5) is -0.380. The van der Waals surface area contributed by atoms with Crippen molar-refractivity contribution in [3.63, 3.8) is 0 Å². The van der Waals surface area contributed by atoms with Crippen LogP contribution in [0.15, 0.2) is 98.9 Å². The molecule has 35 heavy (non-hydrogen) atoms. The first-order valence-corrected chi connectivity index (χ1v) is 13.7. The third-order valence-electron chi connectivity index (χ3n) is 4.90. The van der Waals surface area contributed by atoms with Crippen LogP contribution >= 0.6 is 10.9 Å². The first-order valence-electron chi connectivity index (χ1n) is 9.81. The number of anilines is 2. The highest BCUT2D eigenvalue weighted by Gasteiger charge is 2.25. The van der Waals surface area contributed by atoms with Crippen molar-refractivity contribution >= 4 is 64.4 Å². The summed E-state index contributed by atoms with van der Waals surface area (Å²) in [7, 11) is -7.77. The lowest BCUT2D eigenvalue weighted by Crippen LogP contribution is -2.00. The minimum Gasteiger partial charge on any atom is -0.505 e. The van der Waals surface area contributed by atoms with Gasteiger partial charge < -0.3 is 24.1 Å². The van der Waals surface area contributed by atoms with Crippen molar-refractivity contribution < 1.29 is 32.6 Å². The van der Waals surface area contributed by atoms with Crippen LogP contribution in [0.3, 0.4) is 0 Å². The zero-order valence-corrected chi connectivity index (χ0v) is 20.1. The number of rotatable bonds is 7. The number of hydrogen-bond donors (Lipinski definition) is 6. The van der Waals surface area contributed by atoms with Crippen molar-refractivity contribution in [2.75, 3.05) is 5.32 Å². The van der Waals surface area contributed by atoms with Crippen LogP contribution in [0.4, 0.5) is 22.7 Å². The molecule has 0 aliphatic carbocycles. The largest absolute Gasteiger partial charge is 0.505 e. The molecule has 0 saturated carbocycles. The number of phenols is 1. The lowest BCUT2D eigenvalue weighted by atomic mass is 10.1. The summed E-state index contributed by atoms with van der Waals surface area (Å²) in [6.07, 6.45) is 0. The molecule has 0 radical (unpaired) electrons. The van der Waals surface area contributed by atoms with Crippen molar-refractivity contribution in [1.29, 1.82) is 0 Å². The minimum atomic E-state index is -4.28. The molecule has 182 valence electrons. The maximum atomic E-state index is 11.9. The zero-order valence-electron chi connectivity index (χ0n) is 17.7.